The molecule has 2 heterocycles. The molecule has 2 N–H and O–H groups in total. The van der Waals surface area contributed by atoms with Crippen molar-refractivity contribution in [2.45, 2.75) is 25.4 Å². The Kier molecular flexibility index (Phi) is 7.63. The van der Waals surface area contributed by atoms with E-state index in [2.05, 4.69) is 5.32 Å². The molecule has 0 spiro atoms. The van der Waals surface area contributed by atoms with Gasteiger partial charge in [-0.05, 0) is 50.4 Å². The number of halogens is 3. The molecular formula is C15H19F3N2O4. The lowest BCUT2D eigenvalue weighted by atomic mass is 9.98. The molecule has 2 aliphatic rings. The van der Waals surface area contributed by atoms with Crippen molar-refractivity contribution in [1.82, 2.24) is 10.2 Å². The molecule has 134 valence electrons. The van der Waals surface area contributed by atoms with E-state index in [0.717, 1.165) is 32.4 Å². The fourth-order valence-electron chi connectivity index (χ4n) is 2.15. The molecule has 9 heteroatoms. The monoisotopic (exact) mass is 348 g/mol. The molecule has 0 atom stereocenters. The first-order valence-electron chi connectivity index (χ1n) is 7.43. The maximum Gasteiger partial charge on any atom is 0.490 e. The summed E-state index contributed by atoms with van der Waals surface area (Å²) in [7, 11) is 0. The first kappa shape index (κ1) is 19.9. The second kappa shape index (κ2) is 9.21. The molecule has 2 amide bonds. The van der Waals surface area contributed by atoms with Crippen LogP contribution in [0.4, 0.5) is 13.2 Å². The zero-order chi connectivity index (χ0) is 18.2. The van der Waals surface area contributed by atoms with E-state index >= 15 is 0 Å². The normalized spacial score (nSPS) is 19.1. The van der Waals surface area contributed by atoms with Crippen LogP contribution in [0.2, 0.25) is 0 Å². The number of carboxylic acid groups (broad SMARTS) is 1. The number of alkyl halides is 3. The lowest BCUT2D eigenvalue weighted by Gasteiger charge is -2.21. The summed E-state index contributed by atoms with van der Waals surface area (Å²) in [5.74, 6) is -2.67. The molecule has 0 unspecified atom stereocenters. The fourth-order valence-corrected chi connectivity index (χ4v) is 2.15. The highest BCUT2D eigenvalue weighted by Crippen LogP contribution is 2.14. The van der Waals surface area contributed by atoms with Crippen LogP contribution in [0.25, 0.3) is 0 Å². The minimum Gasteiger partial charge on any atom is -0.475 e. The van der Waals surface area contributed by atoms with Crippen LogP contribution in [0.15, 0.2) is 24.3 Å². The van der Waals surface area contributed by atoms with E-state index in [1.807, 2.05) is 12.2 Å². The number of amides is 2. The van der Waals surface area contributed by atoms with Gasteiger partial charge in [0.15, 0.2) is 0 Å². The minimum atomic E-state index is -5.08. The number of carbonyl (C=O) groups is 3. The van der Waals surface area contributed by atoms with Crippen molar-refractivity contribution < 1.29 is 32.7 Å². The number of nitrogens with zero attached hydrogens (tertiary/aromatic N) is 1. The van der Waals surface area contributed by atoms with Gasteiger partial charge in [0.25, 0.3) is 11.8 Å². The third kappa shape index (κ3) is 6.95. The van der Waals surface area contributed by atoms with Crippen molar-refractivity contribution in [2.75, 3.05) is 19.6 Å². The summed E-state index contributed by atoms with van der Waals surface area (Å²) in [5, 5.41) is 10.4. The standard InChI is InChI=1S/C13H18N2O2.C2HF3O2/c16-12-3-1-2-10-15(12)13(17)5-4-11-6-8-14-9-7-11;3-2(4,5)1(6)7/h1,3-5,11,14H,2,6-10H2;(H,6,7)/b5-4+;. The molecule has 0 aromatic rings. The van der Waals surface area contributed by atoms with Crippen molar-refractivity contribution in [3.63, 3.8) is 0 Å². The maximum atomic E-state index is 11.8. The summed E-state index contributed by atoms with van der Waals surface area (Å²) in [6.07, 6.45) is 4.61. The van der Waals surface area contributed by atoms with Crippen LogP contribution >= 0.6 is 0 Å². The summed E-state index contributed by atoms with van der Waals surface area (Å²) < 4.78 is 31.7. The lowest BCUT2D eigenvalue weighted by molar-refractivity contribution is -0.192. The molecule has 1 saturated heterocycles. The Hall–Kier alpha value is -2.16. The van der Waals surface area contributed by atoms with Crippen molar-refractivity contribution in [3.05, 3.63) is 24.3 Å². The van der Waals surface area contributed by atoms with Crippen molar-refractivity contribution >= 4 is 17.8 Å². The molecule has 2 aliphatic heterocycles. The first-order valence-corrected chi connectivity index (χ1v) is 7.43. The Morgan fingerprint density at radius 1 is 1.29 bits per heavy atom. The Balaban J connectivity index is 0.000000351. The van der Waals surface area contributed by atoms with Crippen molar-refractivity contribution in [3.8, 4) is 0 Å². The van der Waals surface area contributed by atoms with Crippen molar-refractivity contribution in [1.29, 1.82) is 0 Å². The maximum absolute atomic E-state index is 11.8. The number of carbonyl (C=O) groups excluding carboxylic acids is 2. The topological polar surface area (TPSA) is 86.7 Å². The molecule has 6 nitrogen and oxygen atoms in total. The van der Waals surface area contributed by atoms with E-state index in [4.69, 9.17) is 9.90 Å². The van der Waals surface area contributed by atoms with Crippen LogP contribution in [-0.2, 0) is 14.4 Å². The van der Waals surface area contributed by atoms with Crippen LogP contribution in [-0.4, -0.2) is 53.6 Å². The molecular weight excluding hydrogens is 329 g/mol. The van der Waals surface area contributed by atoms with Crippen LogP contribution in [0.3, 0.4) is 0 Å². The summed E-state index contributed by atoms with van der Waals surface area (Å²) in [5.41, 5.74) is 0. The average Bonchev–Trinajstić information content (AvgIpc) is 2.54. The predicted octanol–water partition coefficient (Wildman–Crippen LogP) is 1.49. The van der Waals surface area contributed by atoms with Crippen molar-refractivity contribution in [2.24, 2.45) is 5.92 Å². The average molecular weight is 348 g/mol. The molecule has 0 aromatic heterocycles. The van der Waals surface area contributed by atoms with Gasteiger partial charge in [-0.3, -0.25) is 14.5 Å². The molecule has 0 aromatic carbocycles. The van der Waals surface area contributed by atoms with Gasteiger partial charge in [-0.15, -0.1) is 0 Å². The Morgan fingerprint density at radius 3 is 2.38 bits per heavy atom. The quantitative estimate of drug-likeness (QED) is 0.739. The molecule has 24 heavy (non-hydrogen) atoms. The van der Waals surface area contributed by atoms with E-state index in [1.54, 1.807) is 6.08 Å². The summed E-state index contributed by atoms with van der Waals surface area (Å²) >= 11 is 0. The summed E-state index contributed by atoms with van der Waals surface area (Å²) in [6.45, 7) is 2.52. The number of hydrogen-bond donors (Lipinski definition) is 2. The van der Waals surface area contributed by atoms with Gasteiger partial charge in [0, 0.05) is 6.54 Å². The fraction of sp³-hybridized carbons (Fsp3) is 0.533. The number of imide groups is 1. The van der Waals surface area contributed by atoms with E-state index < -0.39 is 12.1 Å². The summed E-state index contributed by atoms with van der Waals surface area (Å²) in [4.78, 5) is 33.5. The smallest absolute Gasteiger partial charge is 0.475 e. The number of carboxylic acids is 1. The first-order chi connectivity index (χ1) is 11.2. The van der Waals surface area contributed by atoms with Gasteiger partial charge in [-0.25, -0.2) is 4.79 Å². The van der Waals surface area contributed by atoms with Gasteiger partial charge in [0.1, 0.15) is 0 Å². The molecule has 0 radical (unpaired) electrons. The van der Waals surface area contributed by atoms with Crippen LogP contribution in [0.1, 0.15) is 19.3 Å². The van der Waals surface area contributed by atoms with Gasteiger partial charge in [-0.2, -0.15) is 13.2 Å². The summed E-state index contributed by atoms with van der Waals surface area (Å²) in [6, 6.07) is 0. The Bertz CT molecular complexity index is 523. The van der Waals surface area contributed by atoms with Gasteiger partial charge in [-0.1, -0.05) is 12.2 Å². The molecule has 0 saturated carbocycles. The van der Waals surface area contributed by atoms with E-state index in [0.29, 0.717) is 12.5 Å². The molecule has 0 aliphatic carbocycles. The Labute approximate surface area is 137 Å². The highest BCUT2D eigenvalue weighted by molar-refractivity contribution is 6.05. The van der Waals surface area contributed by atoms with Gasteiger partial charge in [0.05, 0.1) is 0 Å². The van der Waals surface area contributed by atoms with Crippen LogP contribution < -0.4 is 5.32 Å². The van der Waals surface area contributed by atoms with E-state index in [9.17, 15) is 22.8 Å². The van der Waals surface area contributed by atoms with E-state index in [1.165, 1.54) is 11.0 Å². The van der Waals surface area contributed by atoms with Gasteiger partial charge >= 0.3 is 12.1 Å². The Morgan fingerprint density at radius 2 is 1.88 bits per heavy atom. The number of rotatable bonds is 2. The third-order valence-corrected chi connectivity index (χ3v) is 3.45. The van der Waals surface area contributed by atoms with Gasteiger partial charge in [0.2, 0.25) is 0 Å². The minimum absolute atomic E-state index is 0.183. The zero-order valence-electron chi connectivity index (χ0n) is 12.9. The SMILES string of the molecule is O=C(O)C(F)(F)F.O=C1C=CCCN1C(=O)/C=C/C1CCNCC1. The highest BCUT2D eigenvalue weighted by Gasteiger charge is 2.38. The van der Waals surface area contributed by atoms with Crippen LogP contribution in [0.5, 0.6) is 0 Å². The zero-order valence-corrected chi connectivity index (χ0v) is 12.9. The number of aliphatic carboxylic acids is 1. The predicted molar refractivity (Wildman–Crippen MR) is 78.9 cm³/mol. The molecule has 2 rings (SSSR count). The molecule has 1 fully saturated rings. The molecule has 0 bridgehead atoms. The highest BCUT2D eigenvalue weighted by atomic mass is 19.4. The lowest BCUT2D eigenvalue weighted by Crippen LogP contribution is -2.37. The largest absolute Gasteiger partial charge is 0.490 e. The third-order valence-electron chi connectivity index (χ3n) is 3.45. The second-order valence-corrected chi connectivity index (χ2v) is 5.27. The van der Waals surface area contributed by atoms with E-state index in [-0.39, 0.29) is 11.8 Å². The number of nitrogens with one attached hydrogen (secondary N) is 1. The number of allylic oxidation sites excluding steroid dienone is 1. The van der Waals surface area contributed by atoms with Gasteiger partial charge < -0.3 is 10.4 Å². The second-order valence-electron chi connectivity index (χ2n) is 5.27. The number of hydrogen-bond acceptors (Lipinski definition) is 4. The van der Waals surface area contributed by atoms with Crippen LogP contribution in [0, 0.1) is 5.92 Å². The number of piperidine rings is 1.